The molecule has 2 fully saturated rings. The first-order valence-corrected chi connectivity index (χ1v) is 7.90. The maximum atomic E-state index is 12.5. The molecule has 19 heavy (non-hydrogen) atoms. The summed E-state index contributed by atoms with van der Waals surface area (Å²) in [6.45, 7) is 2.69. The zero-order chi connectivity index (χ0) is 14.2. The normalized spacial score (nSPS) is 34.5. The van der Waals surface area contributed by atoms with E-state index in [2.05, 4.69) is 0 Å². The molecule has 8 heteroatoms. The maximum absolute atomic E-state index is 12.5. The molecule has 0 aromatic carbocycles. The molecule has 2 aliphatic rings. The summed E-state index contributed by atoms with van der Waals surface area (Å²) in [5, 5.41) is 18.6. The smallest absolute Gasteiger partial charge is 0.322 e. The van der Waals surface area contributed by atoms with Gasteiger partial charge in [0.25, 0.3) is 10.2 Å². The molecule has 110 valence electrons. The van der Waals surface area contributed by atoms with E-state index >= 15 is 0 Å². The number of aliphatic hydroxyl groups is 1. The second kappa shape index (κ2) is 5.35. The van der Waals surface area contributed by atoms with Gasteiger partial charge in [-0.05, 0) is 18.8 Å². The Labute approximate surface area is 113 Å². The van der Waals surface area contributed by atoms with Crippen LogP contribution in [0.1, 0.15) is 26.2 Å². The van der Waals surface area contributed by atoms with Crippen molar-refractivity contribution in [2.75, 3.05) is 19.6 Å². The quantitative estimate of drug-likeness (QED) is 0.729. The van der Waals surface area contributed by atoms with Gasteiger partial charge in [-0.1, -0.05) is 6.92 Å². The van der Waals surface area contributed by atoms with Crippen LogP contribution in [-0.2, 0) is 15.0 Å². The molecule has 0 aromatic heterocycles. The Morgan fingerprint density at radius 3 is 2.58 bits per heavy atom. The monoisotopic (exact) mass is 292 g/mol. The first-order chi connectivity index (χ1) is 8.82. The summed E-state index contributed by atoms with van der Waals surface area (Å²) in [4.78, 5) is 11.1. The van der Waals surface area contributed by atoms with Crippen molar-refractivity contribution in [3.8, 4) is 0 Å². The van der Waals surface area contributed by atoms with E-state index in [1.807, 2.05) is 6.92 Å². The molecule has 0 bridgehead atoms. The highest BCUT2D eigenvalue weighted by Gasteiger charge is 2.45. The van der Waals surface area contributed by atoms with Crippen LogP contribution in [0.2, 0.25) is 0 Å². The Hall–Kier alpha value is -0.700. The van der Waals surface area contributed by atoms with Gasteiger partial charge in [0.2, 0.25) is 0 Å². The molecule has 3 unspecified atom stereocenters. The molecule has 2 aliphatic heterocycles. The number of carboxylic acids is 1. The molecular weight excluding hydrogens is 272 g/mol. The topological polar surface area (TPSA) is 98.2 Å². The van der Waals surface area contributed by atoms with Crippen molar-refractivity contribution in [3.05, 3.63) is 0 Å². The Balaban J connectivity index is 2.20. The first-order valence-electron chi connectivity index (χ1n) is 6.50. The van der Waals surface area contributed by atoms with Crippen LogP contribution in [0.25, 0.3) is 0 Å². The van der Waals surface area contributed by atoms with Crippen molar-refractivity contribution in [3.63, 3.8) is 0 Å². The van der Waals surface area contributed by atoms with Gasteiger partial charge in [0.15, 0.2) is 0 Å². The number of aliphatic carboxylic acids is 1. The van der Waals surface area contributed by atoms with Gasteiger partial charge < -0.3 is 10.2 Å². The van der Waals surface area contributed by atoms with Crippen LogP contribution < -0.4 is 0 Å². The minimum atomic E-state index is -3.80. The number of rotatable bonds is 3. The Kier molecular flexibility index (Phi) is 4.14. The zero-order valence-electron chi connectivity index (χ0n) is 10.9. The van der Waals surface area contributed by atoms with Crippen LogP contribution in [-0.4, -0.2) is 65.0 Å². The van der Waals surface area contributed by atoms with Gasteiger partial charge >= 0.3 is 5.97 Å². The van der Waals surface area contributed by atoms with Gasteiger partial charge in [-0.15, -0.1) is 0 Å². The summed E-state index contributed by atoms with van der Waals surface area (Å²) in [5.41, 5.74) is 0. The van der Waals surface area contributed by atoms with Gasteiger partial charge in [-0.2, -0.15) is 17.0 Å². The minimum Gasteiger partial charge on any atom is -0.480 e. The third-order valence-corrected chi connectivity index (χ3v) is 5.74. The average molecular weight is 292 g/mol. The lowest BCUT2D eigenvalue weighted by atomic mass is 10.0. The van der Waals surface area contributed by atoms with Crippen LogP contribution in [0.15, 0.2) is 0 Å². The number of β-amino-alcohol motifs (C(OH)–C–C–N with tert-alkyl or cyclic N) is 1. The fourth-order valence-corrected chi connectivity index (χ4v) is 4.73. The number of carboxylic acid groups (broad SMARTS) is 1. The second-order valence-corrected chi connectivity index (χ2v) is 7.31. The third-order valence-electron chi connectivity index (χ3n) is 3.76. The van der Waals surface area contributed by atoms with Crippen molar-refractivity contribution >= 4 is 16.2 Å². The lowest BCUT2D eigenvalue weighted by Gasteiger charge is -2.34. The van der Waals surface area contributed by atoms with E-state index in [1.54, 1.807) is 0 Å². The maximum Gasteiger partial charge on any atom is 0.322 e. The number of aliphatic hydroxyl groups excluding tert-OH is 1. The predicted molar refractivity (Wildman–Crippen MR) is 67.6 cm³/mol. The molecule has 2 heterocycles. The second-order valence-electron chi connectivity index (χ2n) is 5.43. The summed E-state index contributed by atoms with van der Waals surface area (Å²) >= 11 is 0. The van der Waals surface area contributed by atoms with E-state index in [1.165, 1.54) is 4.31 Å². The molecule has 0 spiro atoms. The zero-order valence-corrected chi connectivity index (χ0v) is 11.7. The summed E-state index contributed by atoms with van der Waals surface area (Å²) in [6.07, 6.45) is 0.821. The largest absolute Gasteiger partial charge is 0.480 e. The number of carbonyl (C=O) groups is 1. The van der Waals surface area contributed by atoms with Crippen LogP contribution in [0.3, 0.4) is 0 Å². The highest BCUT2D eigenvalue weighted by molar-refractivity contribution is 7.86. The number of hydrogen-bond acceptors (Lipinski definition) is 4. The molecule has 3 atom stereocenters. The van der Waals surface area contributed by atoms with E-state index < -0.39 is 28.3 Å². The molecular formula is C11H20N2O5S. The van der Waals surface area contributed by atoms with Crippen LogP contribution in [0.4, 0.5) is 0 Å². The fraction of sp³-hybridized carbons (Fsp3) is 0.909. The van der Waals surface area contributed by atoms with Gasteiger partial charge in [0.1, 0.15) is 6.04 Å². The molecule has 7 nitrogen and oxygen atoms in total. The number of piperidine rings is 1. The lowest BCUT2D eigenvalue weighted by molar-refractivity contribution is -0.140. The molecule has 0 saturated carbocycles. The molecule has 2 N–H and O–H groups in total. The van der Waals surface area contributed by atoms with Crippen molar-refractivity contribution in [1.29, 1.82) is 0 Å². The van der Waals surface area contributed by atoms with Crippen LogP contribution in [0.5, 0.6) is 0 Å². The van der Waals surface area contributed by atoms with Gasteiger partial charge in [0.05, 0.1) is 6.10 Å². The van der Waals surface area contributed by atoms with E-state index in [-0.39, 0.29) is 18.9 Å². The van der Waals surface area contributed by atoms with Gasteiger partial charge in [0, 0.05) is 26.1 Å². The Morgan fingerprint density at radius 2 is 2.00 bits per heavy atom. The standard InChI is InChI=1S/C11H20N2O5S/c1-8-3-2-4-12(6-8)19(17,18)13-7-9(14)5-10(13)11(15)16/h8-10,14H,2-7H2,1H3,(H,15,16). The lowest BCUT2D eigenvalue weighted by Crippen LogP contribution is -2.51. The molecule has 2 rings (SSSR count). The fourth-order valence-electron chi connectivity index (χ4n) is 2.77. The SMILES string of the molecule is CC1CCCN(S(=O)(=O)N2CC(O)CC2C(=O)O)C1. The molecule has 0 radical (unpaired) electrons. The van der Waals surface area contributed by atoms with E-state index in [9.17, 15) is 18.3 Å². The number of nitrogens with zero attached hydrogens (tertiary/aromatic N) is 2. The van der Waals surface area contributed by atoms with Crippen LogP contribution in [0, 0.1) is 5.92 Å². The minimum absolute atomic E-state index is 0.0437. The summed E-state index contributed by atoms with van der Waals surface area (Å²) in [5.74, 6) is -0.926. The summed E-state index contributed by atoms with van der Waals surface area (Å²) < 4.78 is 27.2. The van der Waals surface area contributed by atoms with Crippen molar-refractivity contribution in [2.45, 2.75) is 38.3 Å². The van der Waals surface area contributed by atoms with Gasteiger partial charge in [-0.25, -0.2) is 0 Å². The van der Waals surface area contributed by atoms with E-state index in [4.69, 9.17) is 5.11 Å². The average Bonchev–Trinajstić information content (AvgIpc) is 2.72. The first kappa shape index (κ1) is 14.7. The van der Waals surface area contributed by atoms with Crippen LogP contribution >= 0.6 is 0 Å². The molecule has 0 aromatic rings. The van der Waals surface area contributed by atoms with Crippen molar-refractivity contribution in [1.82, 2.24) is 8.61 Å². The molecule has 2 saturated heterocycles. The predicted octanol–water partition coefficient (Wildman–Crippen LogP) is -0.517. The highest BCUT2D eigenvalue weighted by atomic mass is 32.2. The summed E-state index contributed by atoms with van der Waals surface area (Å²) in [7, 11) is -3.80. The van der Waals surface area contributed by atoms with E-state index in [0.717, 1.165) is 17.1 Å². The van der Waals surface area contributed by atoms with Gasteiger partial charge in [-0.3, -0.25) is 4.79 Å². The third kappa shape index (κ3) is 2.91. The number of hydrogen-bond donors (Lipinski definition) is 2. The summed E-state index contributed by atoms with van der Waals surface area (Å²) in [6, 6.07) is -1.16. The van der Waals surface area contributed by atoms with Crippen molar-refractivity contribution < 1.29 is 23.4 Å². The Morgan fingerprint density at radius 1 is 1.32 bits per heavy atom. The highest BCUT2D eigenvalue weighted by Crippen LogP contribution is 2.27. The Bertz CT molecular complexity index is 452. The molecule has 0 aliphatic carbocycles. The van der Waals surface area contributed by atoms with E-state index in [0.29, 0.717) is 13.1 Å². The molecule has 0 amide bonds. The van der Waals surface area contributed by atoms with Crippen molar-refractivity contribution in [2.24, 2.45) is 5.92 Å².